The molecule has 19 heavy (non-hydrogen) atoms. The number of carbonyl (C=O) groups is 2. The molecule has 0 radical (unpaired) electrons. The first kappa shape index (κ1) is 14.4. The number of halogens is 2. The van der Waals surface area contributed by atoms with Crippen LogP contribution in [0.1, 0.15) is 16.8 Å². The van der Waals surface area contributed by atoms with Gasteiger partial charge in [0, 0.05) is 11.9 Å². The molecule has 1 aliphatic heterocycles. The second-order valence-corrected chi connectivity index (χ2v) is 6.01. The van der Waals surface area contributed by atoms with Crippen LogP contribution >= 0.6 is 35.0 Å². The minimum atomic E-state index is -1.21. The van der Waals surface area contributed by atoms with E-state index in [9.17, 15) is 14.7 Å². The molecule has 1 saturated heterocycles. The molecule has 2 N–H and O–H groups in total. The maximum Gasteiger partial charge on any atom is 0.330 e. The molecule has 0 aliphatic carbocycles. The molecule has 1 atom stereocenters. The Bertz CT molecular complexity index is 533. The summed E-state index contributed by atoms with van der Waals surface area (Å²) in [7, 11) is 0. The van der Waals surface area contributed by atoms with Gasteiger partial charge >= 0.3 is 5.97 Å². The Morgan fingerprint density at radius 2 is 2.21 bits per heavy atom. The molecule has 1 unspecified atom stereocenters. The zero-order chi connectivity index (χ0) is 14.0. The van der Waals surface area contributed by atoms with Crippen molar-refractivity contribution in [3.8, 4) is 0 Å². The fourth-order valence-electron chi connectivity index (χ4n) is 1.72. The smallest absolute Gasteiger partial charge is 0.330 e. The first-order chi connectivity index (χ1) is 8.94. The lowest BCUT2D eigenvalue weighted by molar-refractivity contribution is -0.143. The van der Waals surface area contributed by atoms with Crippen LogP contribution in [0.25, 0.3) is 0 Å². The first-order valence-corrected chi connectivity index (χ1v) is 7.30. The molecule has 0 bridgehead atoms. The fraction of sp³-hybridized carbons (Fsp3) is 0.364. The number of aromatic nitrogens is 1. The highest BCUT2D eigenvalue weighted by Crippen LogP contribution is 2.29. The molecule has 8 heteroatoms. The lowest BCUT2D eigenvalue weighted by Crippen LogP contribution is -2.54. The Labute approximate surface area is 123 Å². The summed E-state index contributed by atoms with van der Waals surface area (Å²) < 4.78 is 0. The van der Waals surface area contributed by atoms with Gasteiger partial charge < -0.3 is 10.4 Å². The number of rotatable bonds is 3. The Morgan fingerprint density at radius 1 is 1.47 bits per heavy atom. The number of pyridine rings is 1. The highest BCUT2D eigenvalue weighted by Gasteiger charge is 2.43. The topological polar surface area (TPSA) is 79.3 Å². The van der Waals surface area contributed by atoms with Crippen molar-refractivity contribution in [2.45, 2.75) is 12.0 Å². The number of hydrogen-bond donors (Lipinski definition) is 2. The normalized spacial score (nSPS) is 22.2. The molecular formula is C11H10Cl2N2O3S. The van der Waals surface area contributed by atoms with Gasteiger partial charge in [-0.1, -0.05) is 23.2 Å². The molecule has 0 saturated carbocycles. The highest BCUT2D eigenvalue weighted by molar-refractivity contribution is 7.99. The molecule has 2 rings (SSSR count). The van der Waals surface area contributed by atoms with Gasteiger partial charge in [0.25, 0.3) is 5.91 Å². The van der Waals surface area contributed by atoms with Crippen molar-refractivity contribution in [1.82, 2.24) is 10.3 Å². The largest absolute Gasteiger partial charge is 0.479 e. The van der Waals surface area contributed by atoms with E-state index < -0.39 is 17.4 Å². The first-order valence-electron chi connectivity index (χ1n) is 5.39. The van der Waals surface area contributed by atoms with Gasteiger partial charge in [-0.2, -0.15) is 11.8 Å². The summed E-state index contributed by atoms with van der Waals surface area (Å²) in [6.07, 6.45) is 1.66. The SMILES string of the molecule is O=C(NC1(C(=O)O)CCSC1)c1cnc(Cl)c(Cl)c1. The predicted molar refractivity (Wildman–Crippen MR) is 74.0 cm³/mol. The van der Waals surface area contributed by atoms with Gasteiger partial charge in [0.15, 0.2) is 0 Å². The van der Waals surface area contributed by atoms with Crippen LogP contribution in [-0.2, 0) is 4.79 Å². The molecule has 0 spiro atoms. The zero-order valence-corrected chi connectivity index (χ0v) is 12.0. The molecule has 1 aliphatic rings. The standard InChI is InChI=1S/C11H10Cl2N2O3S/c12-7-3-6(4-14-8(7)13)9(16)15-11(10(17)18)1-2-19-5-11/h3-4H,1-2,5H2,(H,15,16)(H,17,18). The molecule has 102 valence electrons. The van der Waals surface area contributed by atoms with Gasteiger partial charge in [0.05, 0.1) is 10.6 Å². The van der Waals surface area contributed by atoms with Gasteiger partial charge in [-0.3, -0.25) is 4.79 Å². The minimum Gasteiger partial charge on any atom is -0.479 e. The summed E-state index contributed by atoms with van der Waals surface area (Å²) in [5.74, 6) is -0.496. The number of hydrogen-bond acceptors (Lipinski definition) is 4. The van der Waals surface area contributed by atoms with Crippen molar-refractivity contribution in [2.75, 3.05) is 11.5 Å². The van der Waals surface area contributed by atoms with E-state index >= 15 is 0 Å². The molecule has 1 aromatic rings. The van der Waals surface area contributed by atoms with E-state index in [1.54, 1.807) is 0 Å². The van der Waals surface area contributed by atoms with Crippen LogP contribution in [-0.4, -0.2) is 39.0 Å². The average molecular weight is 321 g/mol. The fourth-order valence-corrected chi connectivity index (χ4v) is 3.32. The van der Waals surface area contributed by atoms with E-state index in [1.807, 2.05) is 0 Å². The number of nitrogens with zero attached hydrogens (tertiary/aromatic N) is 1. The number of nitrogens with one attached hydrogen (secondary N) is 1. The van der Waals surface area contributed by atoms with Crippen molar-refractivity contribution in [2.24, 2.45) is 0 Å². The lowest BCUT2D eigenvalue weighted by Gasteiger charge is -2.24. The van der Waals surface area contributed by atoms with Crippen LogP contribution in [0.3, 0.4) is 0 Å². The summed E-state index contributed by atoms with van der Waals surface area (Å²) >= 11 is 12.9. The Hall–Kier alpha value is -0.980. The highest BCUT2D eigenvalue weighted by atomic mass is 35.5. The summed E-state index contributed by atoms with van der Waals surface area (Å²) in [6.45, 7) is 0. The molecular weight excluding hydrogens is 311 g/mol. The van der Waals surface area contributed by atoms with Crippen LogP contribution in [0.5, 0.6) is 0 Å². The van der Waals surface area contributed by atoms with Crippen molar-refractivity contribution in [3.63, 3.8) is 0 Å². The van der Waals surface area contributed by atoms with E-state index in [-0.39, 0.29) is 15.7 Å². The number of thioether (sulfide) groups is 1. The predicted octanol–water partition coefficient (Wildman–Crippen LogP) is 2.08. The quantitative estimate of drug-likeness (QED) is 0.833. The second kappa shape index (κ2) is 5.56. The van der Waals surface area contributed by atoms with Crippen LogP contribution in [0, 0.1) is 0 Å². The van der Waals surface area contributed by atoms with Crippen LogP contribution in [0.15, 0.2) is 12.3 Å². The molecule has 2 heterocycles. The Morgan fingerprint density at radius 3 is 2.74 bits per heavy atom. The van der Waals surface area contributed by atoms with E-state index in [2.05, 4.69) is 10.3 Å². The van der Waals surface area contributed by atoms with Gasteiger partial charge in [0.2, 0.25) is 0 Å². The maximum absolute atomic E-state index is 12.0. The monoisotopic (exact) mass is 320 g/mol. The molecule has 5 nitrogen and oxygen atoms in total. The second-order valence-electron chi connectivity index (χ2n) is 4.14. The van der Waals surface area contributed by atoms with Crippen molar-refractivity contribution in [1.29, 1.82) is 0 Å². The third-order valence-corrected chi connectivity index (χ3v) is 4.72. The zero-order valence-electron chi connectivity index (χ0n) is 9.65. The molecule has 0 aromatic carbocycles. The molecule has 1 fully saturated rings. The van der Waals surface area contributed by atoms with Crippen LogP contribution < -0.4 is 5.32 Å². The van der Waals surface area contributed by atoms with E-state index in [1.165, 1.54) is 24.0 Å². The number of amides is 1. The molecule has 1 aromatic heterocycles. The lowest BCUT2D eigenvalue weighted by atomic mass is 9.98. The summed E-state index contributed by atoms with van der Waals surface area (Å²) in [6, 6.07) is 1.36. The van der Waals surface area contributed by atoms with Gasteiger partial charge in [-0.25, -0.2) is 9.78 Å². The van der Waals surface area contributed by atoms with Gasteiger partial charge in [-0.05, 0) is 18.2 Å². The molecule has 1 amide bonds. The van der Waals surface area contributed by atoms with Crippen molar-refractivity contribution < 1.29 is 14.7 Å². The number of carboxylic acid groups (broad SMARTS) is 1. The third-order valence-electron chi connectivity index (χ3n) is 2.84. The van der Waals surface area contributed by atoms with Gasteiger partial charge in [0.1, 0.15) is 10.7 Å². The maximum atomic E-state index is 12.0. The Balaban J connectivity index is 2.20. The number of carbonyl (C=O) groups excluding carboxylic acids is 1. The van der Waals surface area contributed by atoms with Crippen molar-refractivity contribution >= 4 is 46.8 Å². The van der Waals surface area contributed by atoms with Crippen molar-refractivity contribution in [3.05, 3.63) is 28.0 Å². The number of aliphatic carboxylic acids is 1. The van der Waals surface area contributed by atoms with Crippen LogP contribution in [0.4, 0.5) is 0 Å². The summed E-state index contributed by atoms with van der Waals surface area (Å²) in [5.41, 5.74) is -1.03. The summed E-state index contributed by atoms with van der Waals surface area (Å²) in [4.78, 5) is 27.1. The summed E-state index contributed by atoms with van der Waals surface area (Å²) in [5, 5.41) is 12.1. The van der Waals surface area contributed by atoms with E-state index in [4.69, 9.17) is 23.2 Å². The van der Waals surface area contributed by atoms with Crippen LogP contribution in [0.2, 0.25) is 10.2 Å². The van der Waals surface area contributed by atoms with Gasteiger partial charge in [-0.15, -0.1) is 0 Å². The third kappa shape index (κ3) is 2.96. The number of carboxylic acids is 1. The van der Waals surface area contributed by atoms with E-state index in [0.29, 0.717) is 17.9 Å². The average Bonchev–Trinajstić information content (AvgIpc) is 2.82. The van der Waals surface area contributed by atoms with E-state index in [0.717, 1.165) is 0 Å². The Kier molecular flexibility index (Phi) is 4.23. The minimum absolute atomic E-state index is 0.0996.